The molecule has 0 spiro atoms. The molecular weight excluding hydrogens is 182 g/mol. The molecule has 1 saturated heterocycles. The molecule has 14 heavy (non-hydrogen) atoms. The van der Waals surface area contributed by atoms with Crippen molar-refractivity contribution in [1.29, 1.82) is 0 Å². The number of carbonyl (C=O) groups is 1. The Morgan fingerprint density at radius 2 is 2.07 bits per heavy atom. The fourth-order valence-corrected chi connectivity index (χ4v) is 1.61. The summed E-state index contributed by atoms with van der Waals surface area (Å²) in [6, 6.07) is 0. The van der Waals surface area contributed by atoms with Crippen molar-refractivity contribution in [2.75, 3.05) is 13.1 Å². The minimum atomic E-state index is -0.408. The molecule has 0 radical (unpaired) electrons. The van der Waals surface area contributed by atoms with Gasteiger partial charge in [-0.2, -0.15) is 0 Å². The lowest BCUT2D eigenvalue weighted by Crippen LogP contribution is -2.40. The van der Waals surface area contributed by atoms with Crippen molar-refractivity contribution in [1.82, 2.24) is 4.90 Å². The summed E-state index contributed by atoms with van der Waals surface area (Å²) in [5.74, 6) is 0.0952. The Bertz CT molecular complexity index is 186. The van der Waals surface area contributed by atoms with E-state index in [1.54, 1.807) is 11.8 Å². The van der Waals surface area contributed by atoms with Crippen molar-refractivity contribution < 1.29 is 15.0 Å². The van der Waals surface area contributed by atoms with Crippen molar-refractivity contribution in [3.8, 4) is 0 Å². The van der Waals surface area contributed by atoms with E-state index in [0.717, 1.165) is 0 Å². The van der Waals surface area contributed by atoms with Crippen LogP contribution >= 0.6 is 0 Å². The highest BCUT2D eigenvalue weighted by molar-refractivity contribution is 5.76. The molecule has 1 aliphatic heterocycles. The summed E-state index contributed by atoms with van der Waals surface area (Å²) in [6.45, 7) is 2.99. The lowest BCUT2D eigenvalue weighted by atomic mass is 10.1. The van der Waals surface area contributed by atoms with Gasteiger partial charge in [0.1, 0.15) is 0 Å². The average Bonchev–Trinajstić information content (AvgIpc) is 2.15. The largest absolute Gasteiger partial charge is 0.393 e. The van der Waals surface area contributed by atoms with Gasteiger partial charge in [-0.15, -0.1) is 0 Å². The maximum atomic E-state index is 11.5. The number of likely N-dealkylation sites (tertiary alicyclic amines) is 1. The molecule has 1 rings (SSSR count). The lowest BCUT2D eigenvalue weighted by molar-refractivity contribution is -0.133. The van der Waals surface area contributed by atoms with E-state index < -0.39 is 6.10 Å². The molecule has 1 aliphatic rings. The molecular formula is C10H19NO3. The van der Waals surface area contributed by atoms with Crippen LogP contribution in [0, 0.1) is 0 Å². The third-order valence-electron chi connectivity index (χ3n) is 2.59. The Morgan fingerprint density at radius 3 is 2.57 bits per heavy atom. The van der Waals surface area contributed by atoms with Gasteiger partial charge in [-0.1, -0.05) is 0 Å². The average molecular weight is 201 g/mol. The minimum absolute atomic E-state index is 0.0952. The predicted octanol–water partition coefficient (Wildman–Crippen LogP) is 0.131. The van der Waals surface area contributed by atoms with Gasteiger partial charge in [0.15, 0.2) is 0 Å². The van der Waals surface area contributed by atoms with E-state index in [9.17, 15) is 9.90 Å². The van der Waals surface area contributed by atoms with Crippen molar-refractivity contribution in [3.05, 3.63) is 0 Å². The number of aliphatic hydroxyl groups excluding tert-OH is 2. The normalized spacial score (nSPS) is 20.9. The second-order valence-electron chi connectivity index (χ2n) is 4.00. The number of carbonyl (C=O) groups excluding carboxylic acids is 1. The Kier molecular flexibility index (Phi) is 4.35. The van der Waals surface area contributed by atoms with Crippen LogP contribution in [0.2, 0.25) is 0 Å². The molecule has 0 aromatic rings. The van der Waals surface area contributed by atoms with Gasteiger partial charge in [0, 0.05) is 19.5 Å². The fourth-order valence-electron chi connectivity index (χ4n) is 1.61. The molecule has 1 amide bonds. The topological polar surface area (TPSA) is 60.8 Å². The number of piperidine rings is 1. The molecule has 1 fully saturated rings. The standard InChI is InChI=1S/C10H19NO3/c1-8(12)2-3-10(14)11-6-4-9(13)5-7-11/h8-9,12-13H,2-7H2,1H3. The zero-order valence-electron chi connectivity index (χ0n) is 8.65. The van der Waals surface area contributed by atoms with Crippen LogP contribution in [0.1, 0.15) is 32.6 Å². The van der Waals surface area contributed by atoms with Crippen LogP contribution in [-0.2, 0) is 4.79 Å². The van der Waals surface area contributed by atoms with Crippen LogP contribution in [0.15, 0.2) is 0 Å². The summed E-state index contributed by atoms with van der Waals surface area (Å²) >= 11 is 0. The van der Waals surface area contributed by atoms with Gasteiger partial charge in [-0.3, -0.25) is 4.79 Å². The maximum absolute atomic E-state index is 11.5. The number of nitrogens with zero attached hydrogens (tertiary/aromatic N) is 1. The van der Waals surface area contributed by atoms with Crippen LogP contribution in [-0.4, -0.2) is 46.3 Å². The Hall–Kier alpha value is -0.610. The van der Waals surface area contributed by atoms with Gasteiger partial charge in [-0.25, -0.2) is 0 Å². The predicted molar refractivity (Wildman–Crippen MR) is 52.7 cm³/mol. The van der Waals surface area contributed by atoms with Crippen molar-refractivity contribution >= 4 is 5.91 Å². The molecule has 1 heterocycles. The summed E-state index contributed by atoms with van der Waals surface area (Å²) in [5.41, 5.74) is 0. The molecule has 0 aliphatic carbocycles. The molecule has 1 atom stereocenters. The molecule has 2 N–H and O–H groups in total. The summed E-state index contributed by atoms with van der Waals surface area (Å²) in [4.78, 5) is 13.3. The van der Waals surface area contributed by atoms with Gasteiger partial charge < -0.3 is 15.1 Å². The zero-order valence-corrected chi connectivity index (χ0v) is 8.65. The molecule has 0 bridgehead atoms. The maximum Gasteiger partial charge on any atom is 0.222 e. The first-order valence-electron chi connectivity index (χ1n) is 5.23. The molecule has 4 heteroatoms. The summed E-state index contributed by atoms with van der Waals surface area (Å²) in [7, 11) is 0. The first-order valence-corrected chi connectivity index (χ1v) is 5.23. The lowest BCUT2D eigenvalue weighted by Gasteiger charge is -2.29. The second kappa shape index (κ2) is 5.32. The van der Waals surface area contributed by atoms with E-state index >= 15 is 0 Å². The Morgan fingerprint density at radius 1 is 1.50 bits per heavy atom. The Labute approximate surface area is 84.5 Å². The molecule has 0 aromatic carbocycles. The smallest absolute Gasteiger partial charge is 0.222 e. The quantitative estimate of drug-likeness (QED) is 0.682. The second-order valence-corrected chi connectivity index (χ2v) is 4.00. The number of amides is 1. The van der Waals surface area contributed by atoms with Crippen LogP contribution in [0.5, 0.6) is 0 Å². The highest BCUT2D eigenvalue weighted by Gasteiger charge is 2.20. The molecule has 82 valence electrons. The van der Waals surface area contributed by atoms with Gasteiger partial charge in [0.25, 0.3) is 0 Å². The third-order valence-corrected chi connectivity index (χ3v) is 2.59. The van der Waals surface area contributed by atoms with E-state index in [4.69, 9.17) is 5.11 Å². The van der Waals surface area contributed by atoms with E-state index in [2.05, 4.69) is 0 Å². The molecule has 0 aromatic heterocycles. The summed E-state index contributed by atoms with van der Waals surface area (Å²) in [5, 5.41) is 18.3. The third kappa shape index (κ3) is 3.64. The first-order chi connectivity index (χ1) is 6.59. The first kappa shape index (κ1) is 11.5. The van der Waals surface area contributed by atoms with E-state index in [1.165, 1.54) is 0 Å². The SMILES string of the molecule is CC(O)CCC(=O)N1CCC(O)CC1. The fraction of sp³-hybridized carbons (Fsp3) is 0.900. The Balaban J connectivity index is 2.24. The van der Waals surface area contributed by atoms with E-state index in [0.29, 0.717) is 38.8 Å². The van der Waals surface area contributed by atoms with Crippen molar-refractivity contribution in [2.24, 2.45) is 0 Å². The molecule has 1 unspecified atom stereocenters. The van der Waals surface area contributed by atoms with Gasteiger partial charge >= 0.3 is 0 Å². The zero-order chi connectivity index (χ0) is 10.6. The van der Waals surface area contributed by atoms with Gasteiger partial charge in [0.2, 0.25) is 5.91 Å². The van der Waals surface area contributed by atoms with Crippen LogP contribution in [0.3, 0.4) is 0 Å². The summed E-state index contributed by atoms with van der Waals surface area (Å²) < 4.78 is 0. The monoisotopic (exact) mass is 201 g/mol. The van der Waals surface area contributed by atoms with Crippen molar-refractivity contribution in [2.45, 2.75) is 44.8 Å². The van der Waals surface area contributed by atoms with Crippen LogP contribution in [0.4, 0.5) is 0 Å². The highest BCUT2D eigenvalue weighted by atomic mass is 16.3. The van der Waals surface area contributed by atoms with Crippen LogP contribution in [0.25, 0.3) is 0 Å². The summed E-state index contributed by atoms with van der Waals surface area (Å²) in [6.07, 6.45) is 1.65. The van der Waals surface area contributed by atoms with Gasteiger partial charge in [-0.05, 0) is 26.2 Å². The van der Waals surface area contributed by atoms with Crippen LogP contribution < -0.4 is 0 Å². The number of aliphatic hydroxyl groups is 2. The van der Waals surface area contributed by atoms with E-state index in [1.807, 2.05) is 0 Å². The minimum Gasteiger partial charge on any atom is -0.393 e. The number of rotatable bonds is 3. The highest BCUT2D eigenvalue weighted by Crippen LogP contribution is 2.12. The van der Waals surface area contributed by atoms with E-state index in [-0.39, 0.29) is 12.0 Å². The molecule has 0 saturated carbocycles. The number of hydrogen-bond donors (Lipinski definition) is 2. The van der Waals surface area contributed by atoms with Crippen molar-refractivity contribution in [3.63, 3.8) is 0 Å². The molecule has 4 nitrogen and oxygen atoms in total. The van der Waals surface area contributed by atoms with Gasteiger partial charge in [0.05, 0.1) is 12.2 Å². The number of hydrogen-bond acceptors (Lipinski definition) is 3.